The smallest absolute Gasteiger partial charge is 0.269 e. The quantitative estimate of drug-likeness (QED) is 0.293. The van der Waals surface area contributed by atoms with Crippen molar-refractivity contribution in [2.45, 2.75) is 30.8 Å². The Labute approximate surface area is 190 Å². The highest BCUT2D eigenvalue weighted by atomic mass is 32.2. The largest absolute Gasteiger partial charge is 0.497 e. The number of nitro groups is 1. The predicted molar refractivity (Wildman–Crippen MR) is 122 cm³/mol. The van der Waals surface area contributed by atoms with Crippen LogP contribution in [0.5, 0.6) is 5.75 Å². The molecule has 1 aromatic heterocycles. The fourth-order valence-electron chi connectivity index (χ4n) is 3.08. The van der Waals surface area contributed by atoms with Crippen LogP contribution in [0.25, 0.3) is 0 Å². The number of amides is 1. The Morgan fingerprint density at radius 2 is 1.81 bits per heavy atom. The molecule has 1 amide bonds. The number of carbonyl (C=O) groups excluding carboxylic acids is 1. The summed E-state index contributed by atoms with van der Waals surface area (Å²) in [6.07, 6.45) is 0. The minimum Gasteiger partial charge on any atom is -0.497 e. The first kappa shape index (κ1) is 23.3. The second-order valence-corrected chi connectivity index (χ2v) is 8.48. The number of thioether (sulfide) groups is 1. The topological polar surface area (TPSA) is 112 Å². The van der Waals surface area contributed by atoms with Crippen molar-refractivity contribution in [1.29, 1.82) is 0 Å². The van der Waals surface area contributed by atoms with Gasteiger partial charge >= 0.3 is 0 Å². The summed E-state index contributed by atoms with van der Waals surface area (Å²) >= 11 is 1.48. The Balaban J connectivity index is 1.70. The van der Waals surface area contributed by atoms with Crippen molar-refractivity contribution in [2.24, 2.45) is 13.0 Å². The summed E-state index contributed by atoms with van der Waals surface area (Å²) in [7, 11) is 3.44. The van der Waals surface area contributed by atoms with Gasteiger partial charge in [-0.1, -0.05) is 37.7 Å². The molecule has 0 radical (unpaired) electrons. The van der Waals surface area contributed by atoms with Gasteiger partial charge in [-0.2, -0.15) is 0 Å². The summed E-state index contributed by atoms with van der Waals surface area (Å²) in [6.45, 7) is 4.02. The van der Waals surface area contributed by atoms with Gasteiger partial charge in [-0.25, -0.2) is 0 Å². The fourth-order valence-corrected chi connectivity index (χ4v) is 3.95. The van der Waals surface area contributed by atoms with Crippen LogP contribution < -0.4 is 10.1 Å². The molecule has 3 rings (SSSR count). The molecule has 32 heavy (non-hydrogen) atoms. The van der Waals surface area contributed by atoms with E-state index < -0.39 is 4.92 Å². The summed E-state index contributed by atoms with van der Waals surface area (Å²) in [5, 5.41) is 23.2. The molecule has 0 saturated carbocycles. The van der Waals surface area contributed by atoms with Gasteiger partial charge in [-0.15, -0.1) is 10.2 Å². The molecule has 0 saturated heterocycles. The predicted octanol–water partition coefficient (Wildman–Crippen LogP) is 4.15. The maximum absolute atomic E-state index is 12.8. The van der Waals surface area contributed by atoms with Crippen LogP contribution in [0.4, 0.5) is 5.69 Å². The molecule has 0 fully saturated rings. The number of hydrogen-bond donors (Lipinski definition) is 1. The molecule has 2 aromatic carbocycles. The number of hydrogen-bond acceptors (Lipinski definition) is 7. The van der Waals surface area contributed by atoms with Crippen LogP contribution in [-0.2, 0) is 12.8 Å². The lowest BCUT2D eigenvalue weighted by Crippen LogP contribution is -2.33. The van der Waals surface area contributed by atoms with Crippen molar-refractivity contribution in [3.05, 3.63) is 75.6 Å². The standard InChI is InChI=1S/C22H25N5O4S/c1-14(2)19(23-21(28)16-7-11-18(31-4)12-8-16)20-24-25-22(26(20)3)32-13-15-5-9-17(10-6-15)27(29)30/h5-12,14,19H,13H2,1-4H3,(H,23,28). The van der Waals surface area contributed by atoms with E-state index in [2.05, 4.69) is 15.5 Å². The van der Waals surface area contributed by atoms with Gasteiger partial charge < -0.3 is 14.6 Å². The molecule has 1 atom stereocenters. The molecular formula is C22H25N5O4S. The lowest BCUT2D eigenvalue weighted by Gasteiger charge is -2.21. The number of carbonyl (C=O) groups is 1. The first-order valence-electron chi connectivity index (χ1n) is 10.0. The molecule has 9 nitrogen and oxygen atoms in total. The Morgan fingerprint density at radius 1 is 1.16 bits per heavy atom. The van der Waals surface area contributed by atoms with E-state index in [1.165, 1.54) is 23.9 Å². The van der Waals surface area contributed by atoms with Gasteiger partial charge in [0.2, 0.25) is 0 Å². The molecule has 10 heteroatoms. The molecule has 0 bridgehead atoms. The van der Waals surface area contributed by atoms with Crippen molar-refractivity contribution in [2.75, 3.05) is 7.11 Å². The normalized spacial score (nSPS) is 11.9. The van der Waals surface area contributed by atoms with Crippen LogP contribution in [0, 0.1) is 16.0 Å². The summed E-state index contributed by atoms with van der Waals surface area (Å²) < 4.78 is 7.01. The highest BCUT2D eigenvalue weighted by Crippen LogP contribution is 2.27. The maximum atomic E-state index is 12.8. The van der Waals surface area contributed by atoms with E-state index in [4.69, 9.17) is 4.74 Å². The molecule has 1 N–H and O–H groups in total. The second kappa shape index (κ2) is 10.3. The molecule has 1 unspecified atom stereocenters. The Kier molecular flexibility index (Phi) is 7.47. The molecule has 3 aromatic rings. The molecule has 0 spiro atoms. The minimum atomic E-state index is -0.418. The third-order valence-electron chi connectivity index (χ3n) is 4.97. The second-order valence-electron chi connectivity index (χ2n) is 7.54. The molecule has 0 aliphatic carbocycles. The van der Waals surface area contributed by atoms with Gasteiger partial charge in [0.25, 0.3) is 11.6 Å². The van der Waals surface area contributed by atoms with E-state index in [1.54, 1.807) is 43.5 Å². The van der Waals surface area contributed by atoms with E-state index in [1.807, 2.05) is 25.5 Å². The summed E-state index contributed by atoms with van der Waals surface area (Å²) in [6, 6.07) is 13.0. The first-order valence-corrected chi connectivity index (χ1v) is 11.0. The van der Waals surface area contributed by atoms with Crippen LogP contribution in [0.3, 0.4) is 0 Å². The number of methoxy groups -OCH3 is 1. The van der Waals surface area contributed by atoms with Gasteiger partial charge in [0, 0.05) is 30.5 Å². The number of nitrogens with one attached hydrogen (secondary N) is 1. The third-order valence-corrected chi connectivity index (χ3v) is 6.06. The molecular weight excluding hydrogens is 430 g/mol. The molecule has 1 heterocycles. The van der Waals surface area contributed by atoms with Gasteiger partial charge in [0.05, 0.1) is 18.1 Å². The zero-order valence-corrected chi connectivity index (χ0v) is 19.1. The van der Waals surface area contributed by atoms with Crippen molar-refractivity contribution in [3.63, 3.8) is 0 Å². The van der Waals surface area contributed by atoms with E-state index in [0.29, 0.717) is 28.0 Å². The van der Waals surface area contributed by atoms with Crippen molar-refractivity contribution < 1.29 is 14.5 Å². The van der Waals surface area contributed by atoms with Gasteiger partial charge in [0.15, 0.2) is 11.0 Å². The number of benzene rings is 2. The van der Waals surface area contributed by atoms with E-state index in [0.717, 1.165) is 5.56 Å². The lowest BCUT2D eigenvalue weighted by atomic mass is 10.0. The Bertz CT molecular complexity index is 1080. The van der Waals surface area contributed by atoms with Crippen LogP contribution in [0.2, 0.25) is 0 Å². The van der Waals surface area contributed by atoms with Crippen LogP contribution in [0.1, 0.15) is 41.6 Å². The first-order chi connectivity index (χ1) is 15.3. The zero-order valence-electron chi connectivity index (χ0n) is 18.3. The number of ether oxygens (including phenoxy) is 1. The Hall–Kier alpha value is -3.40. The minimum absolute atomic E-state index is 0.0621. The third kappa shape index (κ3) is 5.44. The van der Waals surface area contributed by atoms with Crippen molar-refractivity contribution in [1.82, 2.24) is 20.1 Å². The summed E-state index contributed by atoms with van der Waals surface area (Å²) in [4.78, 5) is 23.2. The van der Waals surface area contributed by atoms with Gasteiger partial charge in [0.1, 0.15) is 5.75 Å². The van der Waals surface area contributed by atoms with Gasteiger partial charge in [-0.05, 0) is 35.7 Å². The molecule has 0 aliphatic rings. The maximum Gasteiger partial charge on any atom is 0.269 e. The average Bonchev–Trinajstić information content (AvgIpc) is 3.15. The number of nitrogens with zero attached hydrogens (tertiary/aromatic N) is 4. The fraction of sp³-hybridized carbons (Fsp3) is 0.318. The number of aromatic nitrogens is 3. The van der Waals surface area contributed by atoms with Crippen molar-refractivity contribution in [3.8, 4) is 5.75 Å². The monoisotopic (exact) mass is 455 g/mol. The molecule has 168 valence electrons. The number of rotatable bonds is 9. The lowest BCUT2D eigenvalue weighted by molar-refractivity contribution is -0.384. The van der Waals surface area contributed by atoms with Crippen LogP contribution in [-0.4, -0.2) is 32.7 Å². The highest BCUT2D eigenvalue weighted by molar-refractivity contribution is 7.98. The van der Waals surface area contributed by atoms with E-state index in [-0.39, 0.29) is 23.6 Å². The Morgan fingerprint density at radius 3 is 2.38 bits per heavy atom. The SMILES string of the molecule is COc1ccc(C(=O)NC(c2nnc(SCc3ccc([N+](=O)[O-])cc3)n2C)C(C)C)cc1. The summed E-state index contributed by atoms with van der Waals surface area (Å²) in [5.41, 5.74) is 1.54. The van der Waals surface area contributed by atoms with E-state index in [9.17, 15) is 14.9 Å². The number of nitro benzene ring substituents is 1. The van der Waals surface area contributed by atoms with Crippen molar-refractivity contribution >= 4 is 23.4 Å². The highest BCUT2D eigenvalue weighted by Gasteiger charge is 2.25. The van der Waals surface area contributed by atoms with Crippen LogP contribution >= 0.6 is 11.8 Å². The van der Waals surface area contributed by atoms with Gasteiger partial charge in [-0.3, -0.25) is 14.9 Å². The average molecular weight is 456 g/mol. The van der Waals surface area contributed by atoms with E-state index >= 15 is 0 Å². The zero-order chi connectivity index (χ0) is 23.3. The van der Waals surface area contributed by atoms with Crippen LogP contribution in [0.15, 0.2) is 53.7 Å². The molecule has 0 aliphatic heterocycles. The number of non-ortho nitro benzene ring substituents is 1. The summed E-state index contributed by atoms with van der Waals surface area (Å²) in [5.74, 6) is 1.83.